The second kappa shape index (κ2) is 22.2. The summed E-state index contributed by atoms with van der Waals surface area (Å²) < 4.78 is 0. The number of azo groups is 2. The smallest absolute Gasteiger partial charge is 0.258 e. The molecule has 2 unspecified atom stereocenters. The van der Waals surface area contributed by atoms with Gasteiger partial charge in [0.1, 0.15) is 0 Å². The lowest BCUT2D eigenvalue weighted by Gasteiger charge is -2.20. The molecule has 5 aromatic rings. The number of benzene rings is 5. The first-order chi connectivity index (χ1) is 30.4. The summed E-state index contributed by atoms with van der Waals surface area (Å²) in [5.41, 5.74) is 3.04. The topological polar surface area (TPSA) is 200 Å². The van der Waals surface area contributed by atoms with Crippen molar-refractivity contribution in [2.75, 3.05) is 21.3 Å². The predicted molar refractivity (Wildman–Crippen MR) is 252 cm³/mol. The van der Waals surface area contributed by atoms with Crippen LogP contribution in [0.5, 0.6) is 0 Å². The summed E-state index contributed by atoms with van der Waals surface area (Å²) in [6, 6.07) is 17.5. The van der Waals surface area contributed by atoms with Gasteiger partial charge in [0.05, 0.1) is 52.6 Å². The Morgan fingerprint density at radius 3 is 1.16 bits per heavy atom. The molecule has 0 aromatic heterocycles. The van der Waals surface area contributed by atoms with Crippen molar-refractivity contribution in [1.82, 2.24) is 0 Å². The third-order valence-electron chi connectivity index (χ3n) is 9.24. The summed E-state index contributed by atoms with van der Waals surface area (Å²) in [7, 11) is 0. The van der Waals surface area contributed by atoms with Crippen LogP contribution in [0.1, 0.15) is 59.5 Å². The summed E-state index contributed by atoms with van der Waals surface area (Å²) in [6.45, 7) is 6.04. The van der Waals surface area contributed by atoms with Gasteiger partial charge >= 0.3 is 0 Å². The van der Waals surface area contributed by atoms with Crippen LogP contribution in [-0.2, 0) is 32.0 Å². The first-order valence-corrected chi connectivity index (χ1v) is 21.4. The Labute approximate surface area is 397 Å². The molecule has 0 fully saturated rings. The van der Waals surface area contributed by atoms with Gasteiger partial charge in [-0.1, -0.05) is 83.5 Å². The number of hydrogen-bond acceptors (Lipinski definition) is 10. The number of ketones is 2. The van der Waals surface area contributed by atoms with Crippen molar-refractivity contribution in [3.05, 3.63) is 137 Å². The van der Waals surface area contributed by atoms with Crippen molar-refractivity contribution >= 4 is 139 Å². The van der Waals surface area contributed by atoms with E-state index >= 15 is 0 Å². The minimum absolute atomic E-state index is 0.0388. The van der Waals surface area contributed by atoms with Crippen LogP contribution >= 0.6 is 69.6 Å². The van der Waals surface area contributed by atoms with Gasteiger partial charge in [-0.05, 0) is 123 Å². The number of hydrogen-bond donors (Lipinski definition) is 4. The summed E-state index contributed by atoms with van der Waals surface area (Å²) in [5, 5.41) is 28.3. The molecule has 0 heterocycles. The molecule has 20 heteroatoms. The maximum absolute atomic E-state index is 13.6. The summed E-state index contributed by atoms with van der Waals surface area (Å²) in [5.74, 6) is -3.97. The Morgan fingerprint density at radius 2 is 0.828 bits per heavy atom. The number of Topliss-reactive ketones (excluding diaryl/α,β-unsaturated/α-hetero) is 2. The Hall–Kier alpha value is -5.74. The van der Waals surface area contributed by atoms with Crippen molar-refractivity contribution in [3.8, 4) is 0 Å². The third-order valence-corrected chi connectivity index (χ3v) is 11.4. The molecule has 4 amide bonds. The fraction of sp³-hybridized carbons (Fsp3) is 0.182. The van der Waals surface area contributed by atoms with Crippen LogP contribution in [-0.4, -0.2) is 47.3 Å². The third kappa shape index (κ3) is 12.5. The van der Waals surface area contributed by atoms with E-state index in [9.17, 15) is 28.8 Å². The highest BCUT2D eigenvalue weighted by Gasteiger charge is 2.27. The summed E-state index contributed by atoms with van der Waals surface area (Å²) in [4.78, 5) is 78.6. The zero-order chi connectivity index (χ0) is 46.8. The molecule has 4 N–H and O–H groups in total. The fourth-order valence-electron chi connectivity index (χ4n) is 6.07. The van der Waals surface area contributed by atoms with Gasteiger partial charge in [0.15, 0.2) is 11.6 Å². The van der Waals surface area contributed by atoms with Crippen molar-refractivity contribution in [3.63, 3.8) is 0 Å². The highest BCUT2D eigenvalue weighted by atomic mass is 35.5. The number of anilines is 4. The maximum Gasteiger partial charge on any atom is 0.258 e. The molecule has 5 rings (SSSR count). The van der Waals surface area contributed by atoms with E-state index in [1.807, 2.05) is 13.8 Å². The van der Waals surface area contributed by atoms with Crippen LogP contribution in [0.25, 0.3) is 0 Å². The molecular formula is C44H36Cl6N8O6. The van der Waals surface area contributed by atoms with E-state index in [1.54, 1.807) is 24.3 Å². The van der Waals surface area contributed by atoms with Crippen molar-refractivity contribution in [1.29, 1.82) is 0 Å². The molecule has 5 aromatic carbocycles. The Bertz CT molecular complexity index is 2560. The van der Waals surface area contributed by atoms with Crippen LogP contribution < -0.4 is 21.3 Å². The minimum Gasteiger partial charge on any atom is -0.323 e. The van der Waals surface area contributed by atoms with E-state index in [4.69, 9.17) is 69.6 Å². The SMILES string of the molecule is CCc1c(NC(=O)C(N=Nc2ccc(Cl)c(C(=O)Nc3ccc(Cl)c(Cl)c3)c2)C(C)=O)ccc(NC(=O)C(N=Nc2ccc(Cl)c(C(=O)Nc3ccc(Cl)c(Cl)c3)c2)C(C)=O)c1CC. The van der Waals surface area contributed by atoms with Gasteiger partial charge in [0, 0.05) is 22.7 Å². The Morgan fingerprint density at radius 1 is 0.469 bits per heavy atom. The highest BCUT2D eigenvalue weighted by Crippen LogP contribution is 2.32. The molecule has 0 aliphatic heterocycles. The molecule has 14 nitrogen and oxygen atoms in total. The average molecular weight is 986 g/mol. The molecule has 0 bridgehead atoms. The van der Waals surface area contributed by atoms with Gasteiger partial charge < -0.3 is 21.3 Å². The molecular weight excluding hydrogens is 949 g/mol. The Balaban J connectivity index is 1.30. The molecule has 64 heavy (non-hydrogen) atoms. The number of nitrogens with zero attached hydrogens (tertiary/aromatic N) is 4. The largest absolute Gasteiger partial charge is 0.323 e. The monoisotopic (exact) mass is 982 g/mol. The average Bonchev–Trinajstić information content (AvgIpc) is 3.24. The fourth-order valence-corrected chi connectivity index (χ4v) is 7.07. The van der Waals surface area contributed by atoms with Crippen molar-refractivity contribution < 1.29 is 28.8 Å². The molecule has 330 valence electrons. The molecule has 2 atom stereocenters. The zero-order valence-electron chi connectivity index (χ0n) is 34.2. The van der Waals surface area contributed by atoms with Crippen LogP contribution in [0.15, 0.2) is 105 Å². The van der Waals surface area contributed by atoms with Crippen LogP contribution in [0.2, 0.25) is 30.1 Å². The van der Waals surface area contributed by atoms with Crippen LogP contribution in [0, 0.1) is 0 Å². The first-order valence-electron chi connectivity index (χ1n) is 19.1. The van der Waals surface area contributed by atoms with Crippen molar-refractivity contribution in [2.24, 2.45) is 20.5 Å². The predicted octanol–water partition coefficient (Wildman–Crippen LogP) is 12.6. The lowest BCUT2D eigenvalue weighted by atomic mass is 9.98. The van der Waals surface area contributed by atoms with E-state index < -0.39 is 47.3 Å². The van der Waals surface area contributed by atoms with Crippen LogP contribution in [0.3, 0.4) is 0 Å². The minimum atomic E-state index is -1.58. The number of carbonyl (C=O) groups excluding carboxylic acids is 6. The lowest BCUT2D eigenvalue weighted by Crippen LogP contribution is -2.33. The van der Waals surface area contributed by atoms with Crippen molar-refractivity contribution in [2.45, 2.75) is 52.6 Å². The van der Waals surface area contributed by atoms with E-state index in [0.717, 1.165) is 0 Å². The number of nitrogens with one attached hydrogen (secondary N) is 4. The van der Waals surface area contributed by atoms with Crippen LogP contribution in [0.4, 0.5) is 34.1 Å². The molecule has 0 radical (unpaired) electrons. The standard InChI is InChI=1S/C44H36Cl6N8O6/c1-5-27-28(6-2)38(54-44(64)40(22(4)60)58-56-26-10-12-32(46)30(18-26)42(62)52-24-8-14-34(48)36(50)20-24)16-15-37(27)53-43(63)39(21(3)59)57-55-25-9-11-31(45)29(17-25)41(61)51-23-7-13-33(47)35(49)19-23/h7-20,39-40H,5-6H2,1-4H3,(H,51,61)(H,52,62)(H,53,63)(H,54,64). The molecule has 0 aliphatic carbocycles. The van der Waals surface area contributed by atoms with Gasteiger partial charge in [0.25, 0.3) is 23.6 Å². The van der Waals surface area contributed by atoms with E-state index in [-0.39, 0.29) is 42.6 Å². The van der Waals surface area contributed by atoms with E-state index in [1.165, 1.54) is 74.5 Å². The molecule has 0 saturated carbocycles. The molecule has 0 saturated heterocycles. The highest BCUT2D eigenvalue weighted by molar-refractivity contribution is 6.43. The summed E-state index contributed by atoms with van der Waals surface area (Å²) >= 11 is 36.7. The number of rotatable bonds is 16. The van der Waals surface area contributed by atoms with Gasteiger partial charge in [-0.15, -0.1) is 0 Å². The molecule has 0 aliphatic rings. The quantitative estimate of drug-likeness (QED) is 0.0560. The number of amides is 4. The Kier molecular flexibility index (Phi) is 17.1. The second-order valence-electron chi connectivity index (χ2n) is 13.8. The summed E-state index contributed by atoms with van der Waals surface area (Å²) in [6.07, 6.45) is 0.778. The normalized spacial score (nSPS) is 12.2. The number of carbonyl (C=O) groups is 6. The second-order valence-corrected chi connectivity index (χ2v) is 16.2. The van der Waals surface area contributed by atoms with E-state index in [2.05, 4.69) is 41.7 Å². The van der Waals surface area contributed by atoms with Gasteiger partial charge in [0.2, 0.25) is 12.1 Å². The van der Waals surface area contributed by atoms with E-state index in [0.29, 0.717) is 56.8 Å². The number of halogens is 6. The van der Waals surface area contributed by atoms with Gasteiger partial charge in [-0.3, -0.25) is 28.8 Å². The van der Waals surface area contributed by atoms with Gasteiger partial charge in [-0.25, -0.2) is 0 Å². The molecule has 0 spiro atoms. The maximum atomic E-state index is 13.6. The zero-order valence-corrected chi connectivity index (χ0v) is 38.7. The van der Waals surface area contributed by atoms with Gasteiger partial charge in [-0.2, -0.15) is 20.5 Å². The first kappa shape index (κ1) is 49.3. The lowest BCUT2D eigenvalue weighted by molar-refractivity contribution is -0.127.